The van der Waals surface area contributed by atoms with Crippen LogP contribution in [0.5, 0.6) is 0 Å². The van der Waals surface area contributed by atoms with Gasteiger partial charge in [-0.15, -0.1) is 0 Å². The number of benzene rings is 2. The van der Waals surface area contributed by atoms with E-state index >= 15 is 0 Å². The van der Waals surface area contributed by atoms with E-state index in [1.165, 1.54) is 0 Å². The maximum absolute atomic E-state index is 10.9. The molecule has 0 aliphatic heterocycles. The van der Waals surface area contributed by atoms with Gasteiger partial charge in [-0.05, 0) is 16.8 Å². The largest absolute Gasteiger partial charge is 0.465 e. The summed E-state index contributed by atoms with van der Waals surface area (Å²) in [5, 5.41) is 11.1. The minimum Gasteiger partial charge on any atom is -0.465 e. The monoisotopic (exact) mass is 310 g/mol. The molecule has 0 aromatic heterocycles. The topological polar surface area (TPSA) is 83.6 Å². The first-order valence-electron chi connectivity index (χ1n) is 7.25. The fourth-order valence-electron chi connectivity index (χ4n) is 2.28. The molecule has 3 N–H and O–H groups in total. The molecular weight excluding hydrogens is 292 g/mol. The van der Waals surface area contributed by atoms with Gasteiger partial charge in [0.2, 0.25) is 0 Å². The Balaban J connectivity index is 2.04. The van der Waals surface area contributed by atoms with Crippen molar-refractivity contribution in [2.45, 2.75) is 12.5 Å². The van der Waals surface area contributed by atoms with Gasteiger partial charge >= 0.3 is 6.09 Å². The molecule has 23 heavy (non-hydrogen) atoms. The van der Waals surface area contributed by atoms with Crippen molar-refractivity contribution < 1.29 is 14.7 Å². The van der Waals surface area contributed by atoms with Gasteiger partial charge in [-0.3, -0.25) is 4.90 Å². The first-order chi connectivity index (χ1) is 11.1. The summed E-state index contributed by atoms with van der Waals surface area (Å²) in [7, 11) is 0. The van der Waals surface area contributed by atoms with E-state index in [1.807, 2.05) is 42.5 Å². The molecule has 1 atom stereocenters. The molecule has 0 aliphatic carbocycles. The molecule has 0 bridgehead atoms. The molecule has 118 valence electrons. The van der Waals surface area contributed by atoms with Gasteiger partial charge < -0.3 is 15.6 Å². The van der Waals surface area contributed by atoms with Crippen LogP contribution in [0.1, 0.15) is 12.0 Å². The van der Waals surface area contributed by atoms with E-state index in [9.17, 15) is 9.59 Å². The summed E-state index contributed by atoms with van der Waals surface area (Å²) >= 11 is 0. The van der Waals surface area contributed by atoms with Crippen molar-refractivity contribution >= 4 is 23.2 Å². The zero-order chi connectivity index (χ0) is 16.7. The summed E-state index contributed by atoms with van der Waals surface area (Å²) < 4.78 is 0. The number of amides is 1. The van der Waals surface area contributed by atoms with Crippen LogP contribution in [0.2, 0.25) is 0 Å². The third kappa shape index (κ3) is 4.56. The normalized spacial score (nSPS) is 11.3. The quantitative estimate of drug-likeness (QED) is 0.654. The molecule has 1 unspecified atom stereocenters. The first-order valence-corrected chi connectivity index (χ1v) is 7.25. The standard InChI is InChI=1S/C18H18N2O3/c19-16(13-20(11-12-21)18(22)23)9-4-8-15-7-3-6-14-5-1-2-10-17(14)15/h1-3,5-7,10,12,16H,9,11,13,19H2,(H,22,23). The maximum atomic E-state index is 10.9. The van der Waals surface area contributed by atoms with Gasteiger partial charge in [-0.1, -0.05) is 48.2 Å². The molecule has 2 aromatic rings. The number of hydrogen-bond acceptors (Lipinski definition) is 3. The van der Waals surface area contributed by atoms with Crippen LogP contribution in [0.4, 0.5) is 4.79 Å². The summed E-state index contributed by atoms with van der Waals surface area (Å²) in [6.07, 6.45) is -0.261. The van der Waals surface area contributed by atoms with Gasteiger partial charge in [0.05, 0.1) is 6.54 Å². The molecule has 0 saturated heterocycles. The lowest BCUT2D eigenvalue weighted by atomic mass is 10.0. The molecular formula is C18H18N2O3. The maximum Gasteiger partial charge on any atom is 0.407 e. The lowest BCUT2D eigenvalue weighted by Gasteiger charge is -2.19. The summed E-state index contributed by atoms with van der Waals surface area (Å²) in [6, 6.07) is 13.4. The van der Waals surface area contributed by atoms with Crippen molar-refractivity contribution in [3.8, 4) is 11.8 Å². The Morgan fingerprint density at radius 1 is 1.26 bits per heavy atom. The third-order valence-corrected chi connectivity index (χ3v) is 3.40. The predicted molar refractivity (Wildman–Crippen MR) is 89.1 cm³/mol. The molecule has 2 rings (SSSR count). The average Bonchev–Trinajstić information content (AvgIpc) is 2.54. The Morgan fingerprint density at radius 2 is 2.00 bits per heavy atom. The van der Waals surface area contributed by atoms with Gasteiger partial charge in [0, 0.05) is 24.6 Å². The second-order valence-corrected chi connectivity index (χ2v) is 5.15. The number of carbonyl (C=O) groups is 2. The Bertz CT molecular complexity index is 756. The van der Waals surface area contributed by atoms with Gasteiger partial charge in [0.1, 0.15) is 6.29 Å². The molecule has 0 saturated carbocycles. The van der Waals surface area contributed by atoms with E-state index in [0.717, 1.165) is 21.2 Å². The molecule has 2 aromatic carbocycles. The highest BCUT2D eigenvalue weighted by atomic mass is 16.4. The summed E-state index contributed by atoms with van der Waals surface area (Å²) in [5.41, 5.74) is 6.81. The van der Waals surface area contributed by atoms with Crippen molar-refractivity contribution in [1.29, 1.82) is 0 Å². The van der Waals surface area contributed by atoms with Crippen LogP contribution in [0.15, 0.2) is 42.5 Å². The van der Waals surface area contributed by atoms with Crippen LogP contribution in [0.3, 0.4) is 0 Å². The number of carbonyl (C=O) groups excluding carboxylic acids is 1. The van der Waals surface area contributed by atoms with Crippen LogP contribution < -0.4 is 5.73 Å². The molecule has 0 aliphatic rings. The number of nitrogens with zero attached hydrogens (tertiary/aromatic N) is 1. The fraction of sp³-hybridized carbons (Fsp3) is 0.222. The zero-order valence-corrected chi connectivity index (χ0v) is 12.6. The lowest BCUT2D eigenvalue weighted by Crippen LogP contribution is -2.41. The second-order valence-electron chi connectivity index (χ2n) is 5.15. The third-order valence-electron chi connectivity index (χ3n) is 3.40. The molecule has 5 heteroatoms. The number of fused-ring (bicyclic) bond motifs is 1. The second kappa shape index (κ2) is 7.97. The van der Waals surface area contributed by atoms with Gasteiger partial charge in [0.25, 0.3) is 0 Å². The highest BCUT2D eigenvalue weighted by molar-refractivity contribution is 5.88. The Hall–Kier alpha value is -2.84. The van der Waals surface area contributed by atoms with Crippen LogP contribution in [-0.4, -0.2) is 41.5 Å². The average molecular weight is 310 g/mol. The van der Waals surface area contributed by atoms with E-state index in [0.29, 0.717) is 12.7 Å². The van der Waals surface area contributed by atoms with Crippen LogP contribution in [-0.2, 0) is 4.79 Å². The Kier molecular flexibility index (Phi) is 5.73. The molecule has 0 fully saturated rings. The summed E-state index contributed by atoms with van der Waals surface area (Å²) in [5.74, 6) is 6.08. The highest BCUT2D eigenvalue weighted by Gasteiger charge is 2.14. The van der Waals surface area contributed by atoms with Crippen molar-refractivity contribution in [2.75, 3.05) is 13.1 Å². The van der Waals surface area contributed by atoms with Crippen molar-refractivity contribution in [1.82, 2.24) is 4.90 Å². The molecule has 0 heterocycles. The van der Waals surface area contributed by atoms with Gasteiger partial charge in [-0.2, -0.15) is 0 Å². The van der Waals surface area contributed by atoms with Gasteiger partial charge in [-0.25, -0.2) is 4.79 Å². The lowest BCUT2D eigenvalue weighted by molar-refractivity contribution is -0.108. The molecule has 0 spiro atoms. The first kappa shape index (κ1) is 16.5. The van der Waals surface area contributed by atoms with Gasteiger partial charge in [0.15, 0.2) is 0 Å². The SMILES string of the molecule is NC(CC#Cc1cccc2ccccc12)CN(CC=O)C(=O)O. The minimum atomic E-state index is -1.16. The fourth-order valence-corrected chi connectivity index (χ4v) is 2.28. The number of aldehydes is 1. The zero-order valence-electron chi connectivity index (χ0n) is 12.6. The summed E-state index contributed by atoms with van der Waals surface area (Å²) in [4.78, 5) is 22.4. The predicted octanol–water partition coefficient (Wildman–Crippen LogP) is 2.09. The van der Waals surface area contributed by atoms with Crippen LogP contribution >= 0.6 is 0 Å². The highest BCUT2D eigenvalue weighted by Crippen LogP contribution is 2.17. The minimum absolute atomic E-state index is 0.0816. The number of carboxylic acid groups (broad SMARTS) is 1. The van der Waals surface area contributed by atoms with E-state index in [2.05, 4.69) is 11.8 Å². The smallest absolute Gasteiger partial charge is 0.407 e. The molecule has 0 radical (unpaired) electrons. The molecule has 5 nitrogen and oxygen atoms in total. The van der Waals surface area contributed by atoms with E-state index in [-0.39, 0.29) is 13.1 Å². The van der Waals surface area contributed by atoms with E-state index in [1.54, 1.807) is 0 Å². The van der Waals surface area contributed by atoms with Crippen molar-refractivity contribution in [2.24, 2.45) is 5.73 Å². The Labute approximate surface area is 134 Å². The number of rotatable bonds is 5. The number of hydrogen-bond donors (Lipinski definition) is 2. The van der Waals surface area contributed by atoms with E-state index < -0.39 is 12.1 Å². The Morgan fingerprint density at radius 3 is 2.74 bits per heavy atom. The van der Waals surface area contributed by atoms with Crippen LogP contribution in [0.25, 0.3) is 10.8 Å². The number of nitrogens with two attached hydrogens (primary N) is 1. The van der Waals surface area contributed by atoms with E-state index in [4.69, 9.17) is 10.8 Å². The molecule has 1 amide bonds. The summed E-state index contributed by atoms with van der Waals surface area (Å²) in [6.45, 7) is -0.0991. The van der Waals surface area contributed by atoms with Crippen molar-refractivity contribution in [3.63, 3.8) is 0 Å². The van der Waals surface area contributed by atoms with Crippen LogP contribution in [0, 0.1) is 11.8 Å². The van der Waals surface area contributed by atoms with Crippen molar-refractivity contribution in [3.05, 3.63) is 48.0 Å².